The smallest absolute Gasteiger partial charge is 0.410 e. The lowest BCUT2D eigenvalue weighted by Gasteiger charge is -2.07. The highest BCUT2D eigenvalue weighted by Gasteiger charge is 2.26. The molecule has 0 aliphatic carbocycles. The van der Waals surface area contributed by atoms with E-state index in [1.165, 1.54) is 11.8 Å². The van der Waals surface area contributed by atoms with Gasteiger partial charge in [0.2, 0.25) is 0 Å². The van der Waals surface area contributed by atoms with E-state index in [4.69, 9.17) is 5.11 Å². The third-order valence-corrected chi connectivity index (χ3v) is 5.56. The van der Waals surface area contributed by atoms with Gasteiger partial charge in [-0.2, -0.15) is 0 Å². The molecule has 6 nitrogen and oxygen atoms in total. The summed E-state index contributed by atoms with van der Waals surface area (Å²) in [4.78, 5) is 14.8. The number of thioether (sulfide) groups is 1. The fourth-order valence-corrected chi connectivity index (χ4v) is 4.27. The van der Waals surface area contributed by atoms with Gasteiger partial charge in [-0.1, -0.05) is 29.5 Å². The Labute approximate surface area is 121 Å². The van der Waals surface area contributed by atoms with Gasteiger partial charge in [0.1, 0.15) is 0 Å². The summed E-state index contributed by atoms with van der Waals surface area (Å²) < 4.78 is 24.4. The summed E-state index contributed by atoms with van der Waals surface area (Å²) in [6, 6.07) is 6.22. The van der Waals surface area contributed by atoms with Crippen molar-refractivity contribution in [2.75, 3.05) is 11.5 Å². The molecule has 1 aromatic carbocycles. The molecule has 0 aromatic heterocycles. The van der Waals surface area contributed by atoms with Crippen molar-refractivity contribution in [3.63, 3.8) is 0 Å². The molecule has 1 amide bonds. The van der Waals surface area contributed by atoms with E-state index in [1.807, 2.05) is 6.92 Å². The predicted molar refractivity (Wildman–Crippen MR) is 78.1 cm³/mol. The number of carbonyl (C=O) groups is 1. The number of nitrogens with zero attached hydrogens (tertiary/aromatic N) is 1. The maximum Gasteiger partial charge on any atom is 0.410 e. The number of aryl methyl sites for hydroxylation is 1. The number of carboxylic acid groups (broad SMARTS) is 1. The molecule has 0 saturated heterocycles. The van der Waals surface area contributed by atoms with Crippen molar-refractivity contribution in [2.24, 2.45) is 4.99 Å². The highest BCUT2D eigenvalue weighted by Crippen LogP contribution is 2.21. The van der Waals surface area contributed by atoms with Crippen LogP contribution in [0.5, 0.6) is 0 Å². The Morgan fingerprint density at radius 3 is 2.70 bits per heavy atom. The first kappa shape index (κ1) is 14.9. The lowest BCUT2D eigenvalue weighted by molar-refractivity contribution is 0.200. The van der Waals surface area contributed by atoms with Crippen molar-refractivity contribution in [1.29, 1.82) is 0 Å². The first-order valence-electron chi connectivity index (χ1n) is 5.87. The van der Waals surface area contributed by atoms with Crippen LogP contribution in [0, 0.1) is 6.92 Å². The molecule has 8 heteroatoms. The number of sulfone groups is 1. The molecule has 1 aliphatic rings. The van der Waals surface area contributed by atoms with Gasteiger partial charge >= 0.3 is 6.09 Å². The third-order valence-electron chi connectivity index (χ3n) is 2.72. The monoisotopic (exact) mass is 314 g/mol. The summed E-state index contributed by atoms with van der Waals surface area (Å²) in [5.74, 6) is 0.342. The van der Waals surface area contributed by atoms with Crippen molar-refractivity contribution >= 4 is 32.9 Å². The van der Waals surface area contributed by atoms with Crippen LogP contribution in [0.4, 0.5) is 4.79 Å². The maximum atomic E-state index is 12.2. The van der Waals surface area contributed by atoms with Gasteiger partial charge in [-0.25, -0.2) is 13.2 Å². The van der Waals surface area contributed by atoms with E-state index in [1.54, 1.807) is 24.3 Å². The van der Waals surface area contributed by atoms with E-state index in [2.05, 4.69) is 10.3 Å². The van der Waals surface area contributed by atoms with Crippen LogP contribution in [0.2, 0.25) is 0 Å². The van der Waals surface area contributed by atoms with E-state index >= 15 is 0 Å². The molecule has 0 spiro atoms. The summed E-state index contributed by atoms with van der Waals surface area (Å²) in [5.41, 5.74) is 0.992. The SMILES string of the molecule is Cc1ccc(S(=O)(=O)CC2CSC(NC(=O)O)=N2)cc1. The second kappa shape index (κ2) is 5.84. The van der Waals surface area contributed by atoms with Gasteiger partial charge in [-0.15, -0.1) is 0 Å². The molecule has 2 N–H and O–H groups in total. The first-order chi connectivity index (χ1) is 9.37. The fourth-order valence-electron chi connectivity index (χ4n) is 1.76. The lowest BCUT2D eigenvalue weighted by atomic mass is 10.2. The molecule has 0 bridgehead atoms. The Kier molecular flexibility index (Phi) is 4.34. The zero-order valence-electron chi connectivity index (χ0n) is 10.7. The molecule has 1 aromatic rings. The largest absolute Gasteiger partial charge is 0.465 e. The van der Waals surface area contributed by atoms with Crippen LogP contribution in [0.15, 0.2) is 34.2 Å². The van der Waals surface area contributed by atoms with Crippen LogP contribution in [0.3, 0.4) is 0 Å². The average Bonchev–Trinajstić information content (AvgIpc) is 2.75. The van der Waals surface area contributed by atoms with Gasteiger partial charge in [-0.05, 0) is 19.1 Å². The van der Waals surface area contributed by atoms with Crippen LogP contribution < -0.4 is 5.32 Å². The Morgan fingerprint density at radius 2 is 2.10 bits per heavy atom. The van der Waals surface area contributed by atoms with Crippen molar-refractivity contribution in [3.05, 3.63) is 29.8 Å². The van der Waals surface area contributed by atoms with Gasteiger partial charge < -0.3 is 5.11 Å². The molecule has 20 heavy (non-hydrogen) atoms. The number of amides is 1. The number of hydrogen-bond acceptors (Lipinski definition) is 5. The van der Waals surface area contributed by atoms with Gasteiger partial charge in [0.25, 0.3) is 0 Å². The van der Waals surface area contributed by atoms with E-state index in [0.29, 0.717) is 5.75 Å². The van der Waals surface area contributed by atoms with E-state index in [-0.39, 0.29) is 15.8 Å². The Hall–Kier alpha value is -1.54. The number of nitrogens with one attached hydrogen (secondary N) is 1. The summed E-state index contributed by atoms with van der Waals surface area (Å²) >= 11 is 1.21. The normalized spacial score (nSPS) is 18.6. The van der Waals surface area contributed by atoms with Gasteiger partial charge in [0, 0.05) is 5.75 Å². The average molecular weight is 314 g/mol. The number of hydrogen-bond donors (Lipinski definition) is 2. The summed E-state index contributed by atoms with van der Waals surface area (Å²) in [5, 5.41) is 11.0. The van der Waals surface area contributed by atoms with Crippen molar-refractivity contribution in [2.45, 2.75) is 17.9 Å². The maximum absolute atomic E-state index is 12.2. The third kappa shape index (κ3) is 3.73. The van der Waals surface area contributed by atoms with Crippen LogP contribution in [-0.2, 0) is 9.84 Å². The summed E-state index contributed by atoms with van der Waals surface area (Å²) in [7, 11) is -3.41. The molecule has 0 saturated carbocycles. The minimum atomic E-state index is -3.41. The number of rotatable bonds is 3. The molecule has 108 valence electrons. The van der Waals surface area contributed by atoms with Crippen molar-refractivity contribution in [3.8, 4) is 0 Å². The summed E-state index contributed by atoms with van der Waals surface area (Å²) in [6.45, 7) is 1.89. The van der Waals surface area contributed by atoms with Gasteiger partial charge in [0.05, 0.1) is 16.7 Å². The molecule has 2 rings (SSSR count). The van der Waals surface area contributed by atoms with Crippen molar-refractivity contribution in [1.82, 2.24) is 5.32 Å². The van der Waals surface area contributed by atoms with E-state index in [0.717, 1.165) is 5.56 Å². The number of aliphatic imine (C=N–C) groups is 1. The van der Waals surface area contributed by atoms with Gasteiger partial charge in [0.15, 0.2) is 15.0 Å². The number of amidine groups is 1. The van der Waals surface area contributed by atoms with Crippen LogP contribution in [0.1, 0.15) is 5.56 Å². The minimum Gasteiger partial charge on any atom is -0.465 e. The lowest BCUT2D eigenvalue weighted by Crippen LogP contribution is -2.25. The molecule has 1 heterocycles. The minimum absolute atomic E-state index is 0.117. The van der Waals surface area contributed by atoms with Crippen LogP contribution >= 0.6 is 11.8 Å². The Morgan fingerprint density at radius 1 is 1.45 bits per heavy atom. The molecule has 1 aliphatic heterocycles. The molecule has 0 fully saturated rings. The second-order valence-corrected chi connectivity index (χ2v) is 7.47. The Balaban J connectivity index is 2.08. The van der Waals surface area contributed by atoms with Crippen LogP contribution in [0.25, 0.3) is 0 Å². The Bertz CT molecular complexity index is 638. The van der Waals surface area contributed by atoms with Gasteiger partial charge in [-0.3, -0.25) is 10.3 Å². The fraction of sp³-hybridized carbons (Fsp3) is 0.333. The van der Waals surface area contributed by atoms with E-state index in [9.17, 15) is 13.2 Å². The number of benzene rings is 1. The quantitative estimate of drug-likeness (QED) is 0.881. The predicted octanol–water partition coefficient (Wildman–Crippen LogP) is 1.51. The van der Waals surface area contributed by atoms with Crippen molar-refractivity contribution < 1.29 is 18.3 Å². The van der Waals surface area contributed by atoms with E-state index < -0.39 is 22.0 Å². The molecule has 0 radical (unpaired) electrons. The molecular weight excluding hydrogens is 300 g/mol. The topological polar surface area (TPSA) is 95.8 Å². The highest BCUT2D eigenvalue weighted by atomic mass is 32.2. The first-order valence-corrected chi connectivity index (χ1v) is 8.50. The summed E-state index contributed by atoms with van der Waals surface area (Å²) in [6.07, 6.45) is -1.20. The zero-order chi connectivity index (χ0) is 14.8. The highest BCUT2D eigenvalue weighted by molar-refractivity contribution is 8.14. The molecule has 1 atom stereocenters. The second-order valence-electron chi connectivity index (χ2n) is 4.42. The zero-order valence-corrected chi connectivity index (χ0v) is 12.4. The molecular formula is C12H14N2O4S2. The standard InChI is InChI=1S/C12H14N2O4S2/c1-8-2-4-10(5-3-8)20(17,18)7-9-6-19-11(13-9)14-12(15)16/h2-5,9H,6-7H2,1H3,(H,13,14)(H,15,16). The molecule has 1 unspecified atom stereocenters. The van der Waals surface area contributed by atoms with Crippen LogP contribution in [-0.4, -0.2) is 42.3 Å².